The first-order chi connectivity index (χ1) is 4.97. The number of nitrogens with zero attached hydrogens (tertiary/aromatic N) is 3. The Kier molecular flexibility index (Phi) is 0.993. The first kappa shape index (κ1) is 5.14. The maximum absolute atomic E-state index is 3.79. The molecule has 0 unspecified atom stereocenters. The van der Waals surface area contributed by atoms with Crippen LogP contribution in [0, 0.1) is 0 Å². The lowest BCUT2D eigenvalue weighted by Crippen LogP contribution is -2.21. The third-order valence-corrected chi connectivity index (χ3v) is 1.19. The molecule has 1 aromatic rings. The molecule has 4 heteroatoms. The fourth-order valence-electron chi connectivity index (χ4n) is 0.730. The lowest BCUT2D eigenvalue weighted by atomic mass is 10.4. The van der Waals surface area contributed by atoms with E-state index in [1.54, 1.807) is 12.3 Å². The Hall–Kier alpha value is -1.67. The van der Waals surface area contributed by atoms with Gasteiger partial charge in [0.2, 0.25) is 0 Å². The second kappa shape index (κ2) is 1.93. The molecular formula is C6H4N4. The summed E-state index contributed by atoms with van der Waals surface area (Å²) in [4.78, 5) is 0. The Labute approximate surface area is 56.3 Å². The lowest BCUT2D eigenvalue weighted by molar-refractivity contribution is 0.983. The zero-order valence-corrected chi connectivity index (χ0v) is 5.07. The van der Waals surface area contributed by atoms with E-state index in [9.17, 15) is 0 Å². The molecule has 0 aliphatic carbocycles. The van der Waals surface area contributed by atoms with Gasteiger partial charge in [-0.25, -0.2) is 0 Å². The minimum atomic E-state index is 0.682. The van der Waals surface area contributed by atoms with Gasteiger partial charge in [-0.1, -0.05) is 0 Å². The van der Waals surface area contributed by atoms with Crippen molar-refractivity contribution in [2.45, 2.75) is 0 Å². The maximum Gasteiger partial charge on any atom is 0.178 e. The summed E-state index contributed by atoms with van der Waals surface area (Å²) in [6.07, 6.45) is 5.24. The van der Waals surface area contributed by atoms with Gasteiger partial charge in [0.1, 0.15) is 0 Å². The summed E-state index contributed by atoms with van der Waals surface area (Å²) in [5, 5.41) is 14.8. The van der Waals surface area contributed by atoms with Crippen molar-refractivity contribution in [2.24, 2.45) is 10.2 Å². The van der Waals surface area contributed by atoms with Crippen LogP contribution in [-0.2, 0) is 0 Å². The summed E-state index contributed by atoms with van der Waals surface area (Å²) in [5.74, 6) is 2.61. The zero-order chi connectivity index (χ0) is 6.81. The SMILES string of the molecule is C1=CC=c2cn[nH]c2=NN=1. The highest BCUT2D eigenvalue weighted by atomic mass is 15.2. The average molecular weight is 132 g/mol. The Morgan fingerprint density at radius 1 is 1.50 bits per heavy atom. The van der Waals surface area contributed by atoms with Gasteiger partial charge in [0.15, 0.2) is 5.49 Å². The van der Waals surface area contributed by atoms with Crippen molar-refractivity contribution in [2.75, 3.05) is 0 Å². The summed E-state index contributed by atoms with van der Waals surface area (Å²) in [6.45, 7) is 0. The van der Waals surface area contributed by atoms with Crippen LogP contribution in [0.25, 0.3) is 6.08 Å². The first-order valence-electron chi connectivity index (χ1n) is 2.83. The highest BCUT2D eigenvalue weighted by Crippen LogP contribution is 1.69. The molecule has 4 nitrogen and oxygen atoms in total. The molecular weight excluding hydrogens is 128 g/mol. The van der Waals surface area contributed by atoms with Crippen LogP contribution >= 0.6 is 0 Å². The lowest BCUT2D eigenvalue weighted by Gasteiger charge is -1.67. The van der Waals surface area contributed by atoms with E-state index in [2.05, 4.69) is 26.3 Å². The van der Waals surface area contributed by atoms with Gasteiger partial charge in [-0.05, 0) is 6.08 Å². The van der Waals surface area contributed by atoms with Crippen molar-refractivity contribution >= 4 is 11.9 Å². The summed E-state index contributed by atoms with van der Waals surface area (Å²) in [7, 11) is 0. The van der Waals surface area contributed by atoms with Gasteiger partial charge >= 0.3 is 0 Å². The molecule has 0 fully saturated rings. The molecule has 0 saturated heterocycles. The third kappa shape index (κ3) is 0.674. The molecule has 0 spiro atoms. The molecule has 2 rings (SSSR count). The van der Waals surface area contributed by atoms with Crippen LogP contribution in [0.3, 0.4) is 0 Å². The largest absolute Gasteiger partial charge is 0.259 e. The fraction of sp³-hybridized carbons (Fsp3) is 0. The van der Waals surface area contributed by atoms with E-state index in [1.807, 2.05) is 6.08 Å². The van der Waals surface area contributed by atoms with Crippen molar-refractivity contribution in [3.8, 4) is 0 Å². The second-order valence-corrected chi connectivity index (χ2v) is 1.84. The molecule has 0 radical (unpaired) electrons. The molecule has 0 bridgehead atoms. The van der Waals surface area contributed by atoms with Crippen LogP contribution in [0.4, 0.5) is 0 Å². The number of hydrogen-bond acceptors (Lipinski definition) is 3. The molecule has 1 aromatic heterocycles. The Bertz CT molecular complexity index is 371. The number of allylic oxidation sites excluding steroid dienone is 1. The van der Waals surface area contributed by atoms with E-state index in [0.29, 0.717) is 5.49 Å². The predicted molar refractivity (Wildman–Crippen MR) is 35.8 cm³/mol. The number of hydrogen-bond donors (Lipinski definition) is 1. The number of rotatable bonds is 0. The number of H-pyrrole nitrogens is 1. The van der Waals surface area contributed by atoms with Gasteiger partial charge in [0.25, 0.3) is 0 Å². The zero-order valence-electron chi connectivity index (χ0n) is 5.07. The van der Waals surface area contributed by atoms with E-state index in [1.165, 1.54) is 0 Å². The van der Waals surface area contributed by atoms with E-state index in [-0.39, 0.29) is 0 Å². The fourth-order valence-corrected chi connectivity index (χ4v) is 0.730. The Balaban J connectivity index is 2.94. The standard InChI is InChI=1S/C6H4N4/c1-2-5-4-8-10-6(5)9-7-3-1/h1-2,4H,(H,9,10). The number of fused-ring (bicyclic) bond motifs is 1. The van der Waals surface area contributed by atoms with Gasteiger partial charge in [-0.3, -0.25) is 5.10 Å². The van der Waals surface area contributed by atoms with Crippen LogP contribution in [0.2, 0.25) is 0 Å². The molecule has 10 heavy (non-hydrogen) atoms. The normalized spacial score (nSPS) is 13.2. The number of aromatic amines is 1. The molecule has 0 saturated carbocycles. The van der Waals surface area contributed by atoms with Crippen LogP contribution in [0.15, 0.2) is 22.5 Å². The van der Waals surface area contributed by atoms with Crippen LogP contribution in [0.1, 0.15) is 0 Å². The van der Waals surface area contributed by atoms with Crippen molar-refractivity contribution in [1.82, 2.24) is 10.2 Å². The Morgan fingerprint density at radius 2 is 2.50 bits per heavy atom. The first-order valence-corrected chi connectivity index (χ1v) is 2.83. The average Bonchev–Trinajstić information content (AvgIpc) is 2.28. The Morgan fingerprint density at radius 3 is 3.50 bits per heavy atom. The second-order valence-electron chi connectivity index (χ2n) is 1.84. The summed E-state index contributed by atoms with van der Waals surface area (Å²) >= 11 is 0. The summed E-state index contributed by atoms with van der Waals surface area (Å²) in [5.41, 5.74) is 0.682. The molecule has 2 heterocycles. The molecule has 0 atom stereocenters. The smallest absolute Gasteiger partial charge is 0.178 e. The number of nitrogens with one attached hydrogen (secondary N) is 1. The van der Waals surface area contributed by atoms with E-state index < -0.39 is 0 Å². The highest BCUT2D eigenvalue weighted by Gasteiger charge is 1.86. The molecule has 0 aromatic carbocycles. The predicted octanol–water partition coefficient (Wildman–Crippen LogP) is -1.04. The highest BCUT2D eigenvalue weighted by molar-refractivity contribution is 5.63. The quantitative estimate of drug-likeness (QED) is 0.482. The molecule has 0 amide bonds. The molecule has 48 valence electrons. The van der Waals surface area contributed by atoms with Crippen molar-refractivity contribution in [3.63, 3.8) is 0 Å². The maximum atomic E-state index is 3.79. The van der Waals surface area contributed by atoms with E-state index in [0.717, 1.165) is 5.22 Å². The van der Waals surface area contributed by atoms with Gasteiger partial charge in [-0.15, -0.1) is 10.2 Å². The van der Waals surface area contributed by atoms with Gasteiger partial charge in [0.05, 0.1) is 6.20 Å². The van der Waals surface area contributed by atoms with Crippen LogP contribution in [-0.4, -0.2) is 16.1 Å². The molecule has 1 aliphatic rings. The number of aromatic nitrogens is 2. The van der Waals surface area contributed by atoms with Gasteiger partial charge < -0.3 is 0 Å². The molecule has 1 N–H and O–H groups in total. The topological polar surface area (TPSA) is 53.4 Å². The third-order valence-electron chi connectivity index (χ3n) is 1.19. The van der Waals surface area contributed by atoms with Crippen LogP contribution in [0.5, 0.6) is 0 Å². The van der Waals surface area contributed by atoms with Crippen molar-refractivity contribution < 1.29 is 0 Å². The van der Waals surface area contributed by atoms with E-state index >= 15 is 0 Å². The summed E-state index contributed by atoms with van der Waals surface area (Å²) < 4.78 is 0. The van der Waals surface area contributed by atoms with E-state index in [4.69, 9.17) is 0 Å². The van der Waals surface area contributed by atoms with Crippen LogP contribution < -0.4 is 10.7 Å². The summed E-state index contributed by atoms with van der Waals surface area (Å²) in [6, 6.07) is 0. The van der Waals surface area contributed by atoms with Gasteiger partial charge in [-0.2, -0.15) is 5.10 Å². The minimum absolute atomic E-state index is 0.682. The van der Waals surface area contributed by atoms with Crippen molar-refractivity contribution in [1.29, 1.82) is 0 Å². The van der Waals surface area contributed by atoms with Crippen molar-refractivity contribution in [3.05, 3.63) is 23.0 Å². The monoisotopic (exact) mass is 132 g/mol. The minimum Gasteiger partial charge on any atom is -0.259 e. The van der Waals surface area contributed by atoms with Gasteiger partial charge in [0, 0.05) is 17.2 Å². The molecule has 1 aliphatic heterocycles.